The number of benzene rings is 1. The molecule has 0 radical (unpaired) electrons. The number of carbonyl (C=O) groups excluding carboxylic acids is 3. The van der Waals surface area contributed by atoms with Crippen molar-refractivity contribution in [3.05, 3.63) is 35.9 Å². The summed E-state index contributed by atoms with van der Waals surface area (Å²) in [5.74, 6) is 0.0978. The molecule has 152 valence electrons. The molecule has 0 aromatic heterocycles. The first-order valence-electron chi connectivity index (χ1n) is 10.4. The Kier molecular flexibility index (Phi) is 6.37. The van der Waals surface area contributed by atoms with Gasteiger partial charge in [-0.05, 0) is 56.9 Å². The highest BCUT2D eigenvalue weighted by atomic mass is 16.2. The summed E-state index contributed by atoms with van der Waals surface area (Å²) in [6.45, 7) is 3.90. The van der Waals surface area contributed by atoms with E-state index in [1.165, 1.54) is 5.56 Å². The van der Waals surface area contributed by atoms with Gasteiger partial charge in [0, 0.05) is 6.04 Å². The number of aryl methyl sites for hydroxylation is 1. The molecule has 3 rings (SSSR count). The van der Waals surface area contributed by atoms with E-state index >= 15 is 0 Å². The second kappa shape index (κ2) is 8.76. The number of carbonyl (C=O) groups is 3. The average Bonchev–Trinajstić information content (AvgIpc) is 2.92. The number of hydrogen-bond donors (Lipinski definition) is 2. The highest BCUT2D eigenvalue weighted by Gasteiger charge is 2.52. The van der Waals surface area contributed by atoms with Gasteiger partial charge in [0.15, 0.2) is 0 Å². The normalized spacial score (nSPS) is 25.6. The number of nitrogens with zero attached hydrogens (tertiary/aromatic N) is 1. The van der Waals surface area contributed by atoms with Crippen LogP contribution in [0.2, 0.25) is 0 Å². The molecular weight excluding hydrogens is 354 g/mol. The fraction of sp³-hybridized carbons (Fsp3) is 0.591. The molecule has 0 unspecified atom stereocenters. The molecule has 1 atom stereocenters. The molecule has 0 bridgehead atoms. The van der Waals surface area contributed by atoms with Crippen LogP contribution in [0.1, 0.15) is 57.9 Å². The molecule has 1 aliphatic heterocycles. The summed E-state index contributed by atoms with van der Waals surface area (Å²) in [6.07, 6.45) is 6.00. The van der Waals surface area contributed by atoms with Gasteiger partial charge >= 0.3 is 6.03 Å². The Morgan fingerprint density at radius 3 is 2.57 bits per heavy atom. The van der Waals surface area contributed by atoms with Crippen LogP contribution in [0.25, 0.3) is 0 Å². The molecule has 2 fully saturated rings. The van der Waals surface area contributed by atoms with Crippen molar-refractivity contribution >= 4 is 17.8 Å². The van der Waals surface area contributed by atoms with Gasteiger partial charge in [-0.25, -0.2) is 4.79 Å². The summed E-state index contributed by atoms with van der Waals surface area (Å²) < 4.78 is 0. The topological polar surface area (TPSA) is 78.5 Å². The van der Waals surface area contributed by atoms with Crippen molar-refractivity contribution in [2.75, 3.05) is 6.54 Å². The number of nitrogens with one attached hydrogen (secondary N) is 2. The minimum atomic E-state index is -0.790. The minimum absolute atomic E-state index is 0.0255. The Morgan fingerprint density at radius 1 is 1.25 bits per heavy atom. The van der Waals surface area contributed by atoms with Crippen LogP contribution >= 0.6 is 0 Å². The molecule has 1 aromatic carbocycles. The Bertz CT molecular complexity index is 711. The summed E-state index contributed by atoms with van der Waals surface area (Å²) >= 11 is 0. The van der Waals surface area contributed by atoms with E-state index < -0.39 is 11.6 Å². The van der Waals surface area contributed by atoms with Gasteiger partial charge in [-0.15, -0.1) is 0 Å². The van der Waals surface area contributed by atoms with E-state index in [2.05, 4.69) is 29.7 Å². The maximum atomic E-state index is 12.9. The number of imide groups is 1. The molecule has 6 nitrogen and oxygen atoms in total. The maximum Gasteiger partial charge on any atom is 0.325 e. The monoisotopic (exact) mass is 385 g/mol. The van der Waals surface area contributed by atoms with E-state index in [4.69, 9.17) is 0 Å². The highest BCUT2D eigenvalue weighted by Crippen LogP contribution is 2.37. The average molecular weight is 386 g/mol. The molecule has 1 saturated heterocycles. The van der Waals surface area contributed by atoms with Gasteiger partial charge in [0.25, 0.3) is 5.91 Å². The number of amides is 4. The van der Waals surface area contributed by atoms with Crippen LogP contribution in [-0.2, 0) is 16.0 Å². The SMILES string of the molecule is CCC1CCC2(CC1)NC(=O)N(CC(=O)N[C@H](C)CCc1ccccc1)C2=O. The van der Waals surface area contributed by atoms with E-state index in [1.807, 2.05) is 25.1 Å². The Hall–Kier alpha value is -2.37. The molecular formula is C22H31N3O3. The smallest absolute Gasteiger partial charge is 0.325 e. The van der Waals surface area contributed by atoms with Crippen LogP contribution in [0.15, 0.2) is 30.3 Å². The van der Waals surface area contributed by atoms with Gasteiger partial charge in [-0.1, -0.05) is 43.7 Å². The number of rotatable bonds is 7. The van der Waals surface area contributed by atoms with Crippen molar-refractivity contribution in [3.63, 3.8) is 0 Å². The molecule has 1 spiro atoms. The van der Waals surface area contributed by atoms with Crippen LogP contribution in [0.4, 0.5) is 4.79 Å². The van der Waals surface area contributed by atoms with E-state index in [9.17, 15) is 14.4 Å². The molecule has 28 heavy (non-hydrogen) atoms. The van der Waals surface area contributed by atoms with Crippen LogP contribution in [0.3, 0.4) is 0 Å². The molecule has 4 amide bonds. The lowest BCUT2D eigenvalue weighted by Gasteiger charge is -2.34. The molecule has 1 saturated carbocycles. The number of urea groups is 1. The van der Waals surface area contributed by atoms with Gasteiger partial charge in [-0.2, -0.15) is 0 Å². The summed E-state index contributed by atoms with van der Waals surface area (Å²) in [6, 6.07) is 9.64. The third kappa shape index (κ3) is 4.54. The van der Waals surface area contributed by atoms with Crippen molar-refractivity contribution in [2.24, 2.45) is 5.92 Å². The zero-order valence-electron chi connectivity index (χ0n) is 16.9. The largest absolute Gasteiger partial charge is 0.352 e. The number of hydrogen-bond acceptors (Lipinski definition) is 3. The maximum absolute atomic E-state index is 12.9. The third-order valence-corrected chi connectivity index (χ3v) is 6.20. The fourth-order valence-electron chi connectivity index (χ4n) is 4.30. The zero-order chi connectivity index (χ0) is 20.1. The lowest BCUT2D eigenvalue weighted by molar-refractivity contribution is -0.136. The second-order valence-corrected chi connectivity index (χ2v) is 8.25. The standard InChI is InChI=1S/C22H31N3O3/c1-3-17-11-13-22(14-12-17)20(27)25(21(28)24-22)15-19(26)23-16(2)9-10-18-7-5-4-6-8-18/h4-8,16-17H,3,9-15H2,1-2H3,(H,23,26)(H,24,28)/t16-,17?,22?/m1/s1. The van der Waals surface area contributed by atoms with Crippen LogP contribution in [0, 0.1) is 5.92 Å². The van der Waals surface area contributed by atoms with Crippen LogP contribution < -0.4 is 10.6 Å². The van der Waals surface area contributed by atoms with Gasteiger partial charge in [0.05, 0.1) is 0 Å². The van der Waals surface area contributed by atoms with E-state index in [1.54, 1.807) is 0 Å². The predicted molar refractivity (Wildman–Crippen MR) is 108 cm³/mol. The third-order valence-electron chi connectivity index (χ3n) is 6.20. The van der Waals surface area contributed by atoms with Gasteiger partial charge in [0.2, 0.25) is 5.91 Å². The summed E-state index contributed by atoms with van der Waals surface area (Å²) in [4.78, 5) is 38.7. The van der Waals surface area contributed by atoms with Crippen LogP contribution in [0.5, 0.6) is 0 Å². The van der Waals surface area contributed by atoms with Crippen molar-refractivity contribution in [1.82, 2.24) is 15.5 Å². The lowest BCUT2D eigenvalue weighted by atomic mass is 9.75. The molecule has 1 heterocycles. The van der Waals surface area contributed by atoms with Crippen molar-refractivity contribution in [1.29, 1.82) is 0 Å². The fourth-order valence-corrected chi connectivity index (χ4v) is 4.30. The van der Waals surface area contributed by atoms with E-state index in [0.29, 0.717) is 18.8 Å². The van der Waals surface area contributed by atoms with Crippen molar-refractivity contribution in [3.8, 4) is 0 Å². The Balaban J connectivity index is 1.49. The molecule has 2 N–H and O–H groups in total. The molecule has 1 aromatic rings. The Morgan fingerprint density at radius 2 is 1.93 bits per heavy atom. The predicted octanol–water partition coefficient (Wildman–Crippen LogP) is 3.01. The molecule has 1 aliphatic carbocycles. The van der Waals surface area contributed by atoms with Crippen LogP contribution in [-0.4, -0.2) is 40.9 Å². The van der Waals surface area contributed by atoms with Crippen molar-refractivity contribution < 1.29 is 14.4 Å². The first kappa shape index (κ1) is 20.4. The van der Waals surface area contributed by atoms with Gasteiger partial charge in [-0.3, -0.25) is 14.5 Å². The van der Waals surface area contributed by atoms with Gasteiger partial charge < -0.3 is 10.6 Å². The lowest BCUT2D eigenvalue weighted by Crippen LogP contribution is -2.50. The highest BCUT2D eigenvalue weighted by molar-refractivity contribution is 6.09. The molecule has 2 aliphatic rings. The minimum Gasteiger partial charge on any atom is -0.352 e. The van der Waals surface area contributed by atoms with E-state index in [0.717, 1.165) is 37.0 Å². The Labute approximate surface area is 167 Å². The summed E-state index contributed by atoms with van der Waals surface area (Å²) in [5.41, 5.74) is 0.435. The van der Waals surface area contributed by atoms with Crippen molar-refractivity contribution in [2.45, 2.75) is 70.4 Å². The summed E-state index contributed by atoms with van der Waals surface area (Å²) in [5, 5.41) is 5.79. The first-order valence-corrected chi connectivity index (χ1v) is 10.4. The van der Waals surface area contributed by atoms with Gasteiger partial charge in [0.1, 0.15) is 12.1 Å². The zero-order valence-corrected chi connectivity index (χ0v) is 16.9. The van der Waals surface area contributed by atoms with E-state index in [-0.39, 0.29) is 24.4 Å². The molecule has 6 heteroatoms. The summed E-state index contributed by atoms with van der Waals surface area (Å²) in [7, 11) is 0. The first-order chi connectivity index (χ1) is 13.4. The quantitative estimate of drug-likeness (QED) is 0.708. The second-order valence-electron chi connectivity index (χ2n) is 8.25.